The summed E-state index contributed by atoms with van der Waals surface area (Å²) in [6, 6.07) is 2.61. The topological polar surface area (TPSA) is 70.8 Å². The summed E-state index contributed by atoms with van der Waals surface area (Å²) in [5.41, 5.74) is -0.676. The summed E-state index contributed by atoms with van der Waals surface area (Å²) in [5.74, 6) is 0.629. The van der Waals surface area contributed by atoms with Crippen molar-refractivity contribution in [3.63, 3.8) is 0 Å². The number of hydrogen-bond donors (Lipinski definition) is 1. The number of carbonyl (C=O) groups is 1. The van der Waals surface area contributed by atoms with Crippen LogP contribution in [0, 0.1) is 12.8 Å². The molecule has 5 nitrogen and oxygen atoms in total. The van der Waals surface area contributed by atoms with Crippen LogP contribution in [0.2, 0.25) is 0 Å². The Labute approximate surface area is 117 Å². The average Bonchev–Trinajstić information content (AvgIpc) is 3.16. The third-order valence-corrected chi connectivity index (χ3v) is 4.40. The second kappa shape index (κ2) is 4.74. The van der Waals surface area contributed by atoms with Crippen molar-refractivity contribution in [1.29, 1.82) is 0 Å². The fraction of sp³-hybridized carbons (Fsp3) is 0.600. The van der Waals surface area contributed by atoms with Crippen LogP contribution < -0.4 is 5.43 Å². The predicted octanol–water partition coefficient (Wildman–Crippen LogP) is 1.33. The standard InChI is InChI=1S/C15H19NO4/c1-10-8-12(17)9-13(20-10)14(18)16-6-2-11(3-7-16)15(19)4-5-15/h8-9,11,19H,2-7H2,1H3. The quantitative estimate of drug-likeness (QED) is 0.885. The molecule has 0 aromatic carbocycles. The van der Waals surface area contributed by atoms with E-state index in [2.05, 4.69) is 0 Å². The van der Waals surface area contributed by atoms with Crippen LogP contribution in [0.4, 0.5) is 0 Å². The lowest BCUT2D eigenvalue weighted by molar-refractivity contribution is 0.0325. The fourth-order valence-electron chi connectivity index (χ4n) is 3.02. The molecule has 1 aromatic rings. The number of nitrogens with zero attached hydrogens (tertiary/aromatic N) is 1. The Morgan fingerprint density at radius 3 is 2.55 bits per heavy atom. The summed E-state index contributed by atoms with van der Waals surface area (Å²) in [4.78, 5) is 25.4. The monoisotopic (exact) mass is 277 g/mol. The summed E-state index contributed by atoms with van der Waals surface area (Å²) in [6.45, 7) is 2.89. The third-order valence-electron chi connectivity index (χ3n) is 4.40. The highest BCUT2D eigenvalue weighted by atomic mass is 16.3. The smallest absolute Gasteiger partial charge is 0.289 e. The first-order valence-corrected chi connectivity index (χ1v) is 7.11. The van der Waals surface area contributed by atoms with Gasteiger partial charge in [-0.25, -0.2) is 0 Å². The van der Waals surface area contributed by atoms with Gasteiger partial charge in [-0.2, -0.15) is 0 Å². The maximum absolute atomic E-state index is 12.3. The van der Waals surface area contributed by atoms with E-state index in [1.807, 2.05) is 0 Å². The van der Waals surface area contributed by atoms with E-state index in [9.17, 15) is 14.7 Å². The van der Waals surface area contributed by atoms with Crippen molar-refractivity contribution in [2.24, 2.45) is 5.92 Å². The van der Waals surface area contributed by atoms with Crippen LogP contribution in [0.25, 0.3) is 0 Å². The minimum Gasteiger partial charge on any atom is -0.456 e. The summed E-state index contributed by atoms with van der Waals surface area (Å²) < 4.78 is 5.34. The van der Waals surface area contributed by atoms with Crippen molar-refractivity contribution < 1.29 is 14.3 Å². The minimum absolute atomic E-state index is 0.110. The molecule has 1 N–H and O–H groups in total. The lowest BCUT2D eigenvalue weighted by Gasteiger charge is -2.34. The van der Waals surface area contributed by atoms with Gasteiger partial charge in [-0.1, -0.05) is 0 Å². The van der Waals surface area contributed by atoms with Gasteiger partial charge < -0.3 is 14.4 Å². The highest BCUT2D eigenvalue weighted by Crippen LogP contribution is 2.46. The van der Waals surface area contributed by atoms with Gasteiger partial charge in [-0.05, 0) is 38.5 Å². The SMILES string of the molecule is Cc1cc(=O)cc(C(=O)N2CCC(C3(O)CC3)CC2)o1. The van der Waals surface area contributed by atoms with Crippen molar-refractivity contribution in [3.8, 4) is 0 Å². The van der Waals surface area contributed by atoms with Crippen LogP contribution in [0.3, 0.4) is 0 Å². The van der Waals surface area contributed by atoms with Gasteiger partial charge in [-0.3, -0.25) is 9.59 Å². The number of hydrogen-bond acceptors (Lipinski definition) is 4. The molecule has 2 fully saturated rings. The molecule has 0 radical (unpaired) electrons. The highest BCUT2D eigenvalue weighted by Gasteiger charge is 2.48. The molecule has 0 atom stereocenters. The van der Waals surface area contributed by atoms with Gasteiger partial charge >= 0.3 is 0 Å². The van der Waals surface area contributed by atoms with E-state index in [0.717, 1.165) is 25.7 Å². The Morgan fingerprint density at radius 1 is 1.35 bits per heavy atom. The van der Waals surface area contributed by atoms with Crippen LogP contribution >= 0.6 is 0 Å². The van der Waals surface area contributed by atoms with E-state index < -0.39 is 5.60 Å². The molecule has 5 heteroatoms. The van der Waals surface area contributed by atoms with Crippen molar-refractivity contribution >= 4 is 5.91 Å². The Hall–Kier alpha value is -1.62. The molecule has 1 aliphatic heterocycles. The zero-order valence-electron chi connectivity index (χ0n) is 11.6. The third kappa shape index (κ3) is 2.50. The Morgan fingerprint density at radius 2 is 2.00 bits per heavy atom. The predicted molar refractivity (Wildman–Crippen MR) is 72.5 cm³/mol. The molecular formula is C15H19NO4. The maximum Gasteiger partial charge on any atom is 0.289 e. The second-order valence-electron chi connectivity index (χ2n) is 5.94. The van der Waals surface area contributed by atoms with Crippen LogP contribution in [-0.4, -0.2) is 34.6 Å². The lowest BCUT2D eigenvalue weighted by Crippen LogP contribution is -2.42. The van der Waals surface area contributed by atoms with Crippen molar-refractivity contribution in [2.75, 3.05) is 13.1 Å². The van der Waals surface area contributed by atoms with Crippen molar-refractivity contribution in [1.82, 2.24) is 4.90 Å². The number of amides is 1. The Kier molecular flexibility index (Phi) is 3.17. The second-order valence-corrected chi connectivity index (χ2v) is 5.94. The number of aryl methyl sites for hydroxylation is 1. The van der Waals surface area contributed by atoms with Crippen LogP contribution in [-0.2, 0) is 0 Å². The van der Waals surface area contributed by atoms with E-state index in [4.69, 9.17) is 4.42 Å². The molecule has 1 saturated carbocycles. The number of aliphatic hydroxyl groups is 1. The summed E-state index contributed by atoms with van der Waals surface area (Å²) >= 11 is 0. The molecule has 1 aromatic heterocycles. The molecule has 108 valence electrons. The van der Waals surface area contributed by atoms with Gasteiger partial charge in [-0.15, -0.1) is 0 Å². The zero-order chi connectivity index (χ0) is 14.3. The van der Waals surface area contributed by atoms with Crippen molar-refractivity contribution in [2.45, 2.75) is 38.2 Å². The maximum atomic E-state index is 12.3. The van der Waals surface area contributed by atoms with Gasteiger partial charge in [0.1, 0.15) is 5.76 Å². The van der Waals surface area contributed by atoms with Crippen LogP contribution in [0.1, 0.15) is 42.0 Å². The van der Waals surface area contributed by atoms with E-state index >= 15 is 0 Å². The van der Waals surface area contributed by atoms with Crippen LogP contribution in [0.5, 0.6) is 0 Å². The first kappa shape index (κ1) is 13.4. The van der Waals surface area contributed by atoms with Gasteiger partial charge in [0.05, 0.1) is 5.60 Å². The molecule has 1 aliphatic carbocycles. The lowest BCUT2D eigenvalue weighted by atomic mass is 9.89. The molecule has 0 unspecified atom stereocenters. The van der Waals surface area contributed by atoms with Crippen LogP contribution in [0.15, 0.2) is 21.3 Å². The molecule has 1 saturated heterocycles. The van der Waals surface area contributed by atoms with Gasteiger partial charge in [0.15, 0.2) is 11.2 Å². The molecular weight excluding hydrogens is 258 g/mol. The van der Waals surface area contributed by atoms with E-state index in [1.54, 1.807) is 11.8 Å². The molecule has 20 heavy (non-hydrogen) atoms. The number of likely N-dealkylation sites (tertiary alicyclic amines) is 1. The first-order chi connectivity index (χ1) is 9.48. The molecule has 1 amide bonds. The summed E-state index contributed by atoms with van der Waals surface area (Å²) in [7, 11) is 0. The van der Waals surface area contributed by atoms with E-state index in [1.165, 1.54) is 12.1 Å². The van der Waals surface area contributed by atoms with Crippen molar-refractivity contribution in [3.05, 3.63) is 33.9 Å². The largest absolute Gasteiger partial charge is 0.456 e. The normalized spacial score (nSPS) is 21.8. The van der Waals surface area contributed by atoms with E-state index in [-0.39, 0.29) is 17.1 Å². The first-order valence-electron chi connectivity index (χ1n) is 7.11. The molecule has 0 spiro atoms. The molecule has 2 aliphatic rings. The summed E-state index contributed by atoms with van der Waals surface area (Å²) in [6.07, 6.45) is 3.41. The number of carbonyl (C=O) groups excluding carboxylic acids is 1. The zero-order valence-corrected chi connectivity index (χ0v) is 11.6. The Balaban J connectivity index is 1.68. The molecule has 3 rings (SSSR count). The minimum atomic E-state index is -0.467. The number of rotatable bonds is 2. The van der Waals surface area contributed by atoms with Gasteiger partial charge in [0, 0.05) is 25.2 Å². The fourth-order valence-corrected chi connectivity index (χ4v) is 3.02. The van der Waals surface area contributed by atoms with Gasteiger partial charge in [0.2, 0.25) is 0 Å². The highest BCUT2D eigenvalue weighted by molar-refractivity contribution is 5.91. The summed E-state index contributed by atoms with van der Waals surface area (Å²) in [5, 5.41) is 10.1. The molecule has 2 heterocycles. The average molecular weight is 277 g/mol. The van der Waals surface area contributed by atoms with Gasteiger partial charge in [0.25, 0.3) is 5.91 Å². The van der Waals surface area contributed by atoms with E-state index in [0.29, 0.717) is 24.8 Å². The molecule has 0 bridgehead atoms. The Bertz CT molecular complexity index is 580. The number of piperidine rings is 1.